The summed E-state index contributed by atoms with van der Waals surface area (Å²) in [6.07, 6.45) is 0. The third-order valence-electron chi connectivity index (χ3n) is 4.46. The molecule has 1 aromatic carbocycles. The van der Waals surface area contributed by atoms with Crippen molar-refractivity contribution in [3.8, 4) is 0 Å². The fraction of sp³-hybridized carbons (Fsp3) is 0.368. The van der Waals surface area contributed by atoms with Crippen LogP contribution in [-0.2, 0) is 0 Å². The highest BCUT2D eigenvalue weighted by Gasteiger charge is 2.21. The van der Waals surface area contributed by atoms with Crippen LogP contribution in [0.25, 0.3) is 0 Å². The summed E-state index contributed by atoms with van der Waals surface area (Å²) < 4.78 is 0. The molecule has 1 fully saturated rings. The maximum absolute atomic E-state index is 12.3. The van der Waals surface area contributed by atoms with Crippen LogP contribution < -0.4 is 10.6 Å². The van der Waals surface area contributed by atoms with Crippen LogP contribution in [0, 0.1) is 6.92 Å². The van der Waals surface area contributed by atoms with Gasteiger partial charge < -0.3 is 15.5 Å². The molecule has 0 bridgehead atoms. The Morgan fingerprint density at radius 3 is 2.46 bits per heavy atom. The highest BCUT2D eigenvalue weighted by atomic mass is 32.1. The van der Waals surface area contributed by atoms with E-state index in [0.717, 1.165) is 25.3 Å². The van der Waals surface area contributed by atoms with E-state index in [0.29, 0.717) is 25.2 Å². The van der Waals surface area contributed by atoms with Crippen LogP contribution >= 0.6 is 11.3 Å². The van der Waals surface area contributed by atoms with E-state index in [9.17, 15) is 9.59 Å². The molecule has 0 unspecified atom stereocenters. The van der Waals surface area contributed by atoms with Crippen LogP contribution in [0.1, 0.15) is 15.9 Å². The Morgan fingerprint density at radius 2 is 1.81 bits per heavy atom. The minimum absolute atomic E-state index is 0.0256. The summed E-state index contributed by atoms with van der Waals surface area (Å²) in [6, 6.07) is 9.57. The Hall–Kier alpha value is -2.38. The molecule has 0 aliphatic carbocycles. The third-order valence-corrected chi connectivity index (χ3v) is 5.14. The maximum Gasteiger partial charge on any atom is 0.321 e. The van der Waals surface area contributed by atoms with Crippen molar-refractivity contribution in [1.82, 2.24) is 15.1 Å². The van der Waals surface area contributed by atoms with Crippen LogP contribution in [0.2, 0.25) is 0 Å². The number of urea groups is 1. The van der Waals surface area contributed by atoms with Gasteiger partial charge in [0.2, 0.25) is 0 Å². The zero-order chi connectivity index (χ0) is 18.4. The third kappa shape index (κ3) is 5.06. The van der Waals surface area contributed by atoms with E-state index in [1.54, 1.807) is 0 Å². The fourth-order valence-electron chi connectivity index (χ4n) is 2.84. The van der Waals surface area contributed by atoms with Crippen LogP contribution in [0.3, 0.4) is 0 Å². The van der Waals surface area contributed by atoms with Crippen molar-refractivity contribution in [2.45, 2.75) is 6.92 Å². The monoisotopic (exact) mass is 372 g/mol. The molecule has 3 rings (SSSR count). The smallest absolute Gasteiger partial charge is 0.321 e. The number of amides is 3. The first-order valence-electron chi connectivity index (χ1n) is 8.77. The molecule has 0 atom stereocenters. The maximum atomic E-state index is 12.3. The normalized spacial score (nSPS) is 14.9. The van der Waals surface area contributed by atoms with Gasteiger partial charge in [-0.3, -0.25) is 9.69 Å². The Labute approximate surface area is 157 Å². The molecule has 3 amide bonds. The molecule has 1 aliphatic heterocycles. The Kier molecular flexibility index (Phi) is 6.25. The van der Waals surface area contributed by atoms with E-state index in [4.69, 9.17) is 0 Å². The summed E-state index contributed by atoms with van der Waals surface area (Å²) in [7, 11) is 0. The van der Waals surface area contributed by atoms with Gasteiger partial charge in [-0.15, -0.1) is 0 Å². The van der Waals surface area contributed by atoms with Gasteiger partial charge in [0.15, 0.2) is 0 Å². The van der Waals surface area contributed by atoms with Gasteiger partial charge in [-0.2, -0.15) is 11.3 Å². The minimum atomic E-state index is -0.0562. The number of carbonyl (C=O) groups excluding carboxylic acids is 2. The second kappa shape index (κ2) is 8.82. The molecule has 0 radical (unpaired) electrons. The summed E-state index contributed by atoms with van der Waals surface area (Å²) in [6.45, 7) is 6.44. The summed E-state index contributed by atoms with van der Waals surface area (Å²) >= 11 is 1.52. The quantitative estimate of drug-likeness (QED) is 0.848. The van der Waals surface area contributed by atoms with Crippen molar-refractivity contribution in [2.75, 3.05) is 44.6 Å². The molecule has 2 N–H and O–H groups in total. The number of piperazine rings is 1. The van der Waals surface area contributed by atoms with E-state index >= 15 is 0 Å². The predicted octanol–water partition coefficient (Wildman–Crippen LogP) is 2.64. The van der Waals surface area contributed by atoms with E-state index < -0.39 is 0 Å². The number of nitrogens with one attached hydrogen (secondary N) is 2. The number of hydrogen-bond donors (Lipinski definition) is 2. The number of carbonyl (C=O) groups is 2. The lowest BCUT2D eigenvalue weighted by Crippen LogP contribution is -2.51. The molecule has 7 heteroatoms. The van der Waals surface area contributed by atoms with E-state index in [-0.39, 0.29) is 11.9 Å². The first kappa shape index (κ1) is 18.4. The molecular weight excluding hydrogens is 348 g/mol. The van der Waals surface area contributed by atoms with Gasteiger partial charge in [-0.25, -0.2) is 4.79 Å². The highest BCUT2D eigenvalue weighted by Crippen LogP contribution is 2.11. The lowest BCUT2D eigenvalue weighted by molar-refractivity contribution is 0.0943. The number of anilines is 1. The zero-order valence-electron chi connectivity index (χ0n) is 14.9. The van der Waals surface area contributed by atoms with Crippen molar-refractivity contribution in [3.63, 3.8) is 0 Å². The van der Waals surface area contributed by atoms with Gasteiger partial charge in [-0.1, -0.05) is 17.7 Å². The fourth-order valence-corrected chi connectivity index (χ4v) is 3.47. The van der Waals surface area contributed by atoms with Crippen LogP contribution in [0.15, 0.2) is 41.1 Å². The van der Waals surface area contributed by atoms with Gasteiger partial charge in [0.1, 0.15) is 0 Å². The minimum Gasteiger partial charge on any atom is -0.351 e. The average Bonchev–Trinajstić information content (AvgIpc) is 3.19. The molecule has 0 saturated carbocycles. The zero-order valence-corrected chi connectivity index (χ0v) is 15.7. The molecule has 138 valence electrons. The topological polar surface area (TPSA) is 64.7 Å². The molecule has 2 aromatic rings. The predicted molar refractivity (Wildman–Crippen MR) is 105 cm³/mol. The van der Waals surface area contributed by atoms with E-state index in [1.807, 2.05) is 52.9 Å². The molecule has 6 nitrogen and oxygen atoms in total. The van der Waals surface area contributed by atoms with Crippen molar-refractivity contribution in [2.24, 2.45) is 0 Å². The van der Waals surface area contributed by atoms with Crippen molar-refractivity contribution in [3.05, 3.63) is 52.2 Å². The molecule has 1 aromatic heterocycles. The number of hydrogen-bond acceptors (Lipinski definition) is 4. The van der Waals surface area contributed by atoms with Gasteiger partial charge >= 0.3 is 6.03 Å². The Bertz CT molecular complexity index is 723. The summed E-state index contributed by atoms with van der Waals surface area (Å²) in [5.41, 5.74) is 2.70. The number of benzene rings is 1. The van der Waals surface area contributed by atoms with Crippen LogP contribution in [0.5, 0.6) is 0 Å². The van der Waals surface area contributed by atoms with Crippen LogP contribution in [0.4, 0.5) is 10.5 Å². The lowest BCUT2D eigenvalue weighted by Gasteiger charge is -2.34. The van der Waals surface area contributed by atoms with E-state index in [1.165, 1.54) is 16.9 Å². The van der Waals surface area contributed by atoms with Crippen molar-refractivity contribution < 1.29 is 9.59 Å². The lowest BCUT2D eigenvalue weighted by atomic mass is 10.2. The standard InChI is InChI=1S/C19H24N4O2S/c1-15-2-4-17(5-3-15)21-19(25)23-11-9-22(10-12-23)8-7-20-18(24)16-6-13-26-14-16/h2-6,13-14H,7-12H2,1H3,(H,20,24)(H,21,25). The van der Waals surface area contributed by atoms with Gasteiger partial charge in [0.05, 0.1) is 0 Å². The first-order chi connectivity index (χ1) is 12.6. The summed E-state index contributed by atoms with van der Waals surface area (Å²) in [4.78, 5) is 28.3. The Balaban J connectivity index is 1.36. The molecule has 2 heterocycles. The van der Waals surface area contributed by atoms with Gasteiger partial charge in [0, 0.05) is 55.9 Å². The largest absolute Gasteiger partial charge is 0.351 e. The molecule has 1 saturated heterocycles. The molecule has 1 aliphatic rings. The number of aryl methyl sites for hydroxylation is 1. The van der Waals surface area contributed by atoms with Crippen molar-refractivity contribution in [1.29, 1.82) is 0 Å². The number of thiophene rings is 1. The SMILES string of the molecule is Cc1ccc(NC(=O)N2CCN(CCNC(=O)c3ccsc3)CC2)cc1. The summed E-state index contributed by atoms with van der Waals surface area (Å²) in [5.74, 6) is -0.0256. The van der Waals surface area contributed by atoms with Crippen LogP contribution in [-0.4, -0.2) is 61.0 Å². The second-order valence-electron chi connectivity index (χ2n) is 6.39. The van der Waals surface area contributed by atoms with Gasteiger partial charge in [-0.05, 0) is 30.5 Å². The molecular formula is C19H24N4O2S. The van der Waals surface area contributed by atoms with E-state index in [2.05, 4.69) is 15.5 Å². The summed E-state index contributed by atoms with van der Waals surface area (Å²) in [5, 5.41) is 9.62. The number of nitrogens with zero attached hydrogens (tertiary/aromatic N) is 2. The number of rotatable bonds is 5. The Morgan fingerprint density at radius 1 is 1.08 bits per heavy atom. The molecule has 26 heavy (non-hydrogen) atoms. The van der Waals surface area contributed by atoms with Crippen molar-refractivity contribution >= 4 is 29.0 Å². The highest BCUT2D eigenvalue weighted by molar-refractivity contribution is 7.08. The second-order valence-corrected chi connectivity index (χ2v) is 7.17. The average molecular weight is 372 g/mol. The molecule has 0 spiro atoms. The van der Waals surface area contributed by atoms with Gasteiger partial charge in [0.25, 0.3) is 5.91 Å². The first-order valence-corrected chi connectivity index (χ1v) is 9.71.